The van der Waals surface area contributed by atoms with E-state index in [1.807, 2.05) is 13.0 Å². The largest absolute Gasteiger partial charge is 0.341 e. The first kappa shape index (κ1) is 15.8. The first-order valence-electron chi connectivity index (χ1n) is 5.64. The molecule has 1 rings (SSSR count). The lowest BCUT2D eigenvalue weighted by molar-refractivity contribution is -0.119. The van der Waals surface area contributed by atoms with E-state index < -0.39 is 11.9 Å². The maximum absolute atomic E-state index is 11.4. The van der Waals surface area contributed by atoms with Gasteiger partial charge in [0, 0.05) is 13.1 Å². The molecule has 1 aromatic rings. The van der Waals surface area contributed by atoms with Gasteiger partial charge in [-0.3, -0.25) is 10.1 Å². The molecule has 1 atom stereocenters. The van der Waals surface area contributed by atoms with Crippen LogP contribution in [0.3, 0.4) is 0 Å². The number of hydrogen-bond donors (Lipinski definition) is 3. The summed E-state index contributed by atoms with van der Waals surface area (Å²) in [4.78, 5) is 22.3. The van der Waals surface area contributed by atoms with E-state index in [1.165, 1.54) is 7.05 Å². The number of imide groups is 1. The second-order valence-corrected chi connectivity index (χ2v) is 4.66. The predicted octanol–water partition coefficient (Wildman–Crippen LogP) is 2.10. The van der Waals surface area contributed by atoms with Crippen LogP contribution in [0.4, 0.5) is 4.79 Å². The molecule has 104 valence electrons. The number of carbonyl (C=O) groups excluding carboxylic acids is 2. The van der Waals surface area contributed by atoms with Crippen LogP contribution in [0, 0.1) is 0 Å². The topological polar surface area (TPSA) is 70.2 Å². The zero-order chi connectivity index (χ0) is 14.4. The van der Waals surface area contributed by atoms with Gasteiger partial charge in [0.1, 0.15) is 0 Å². The highest BCUT2D eigenvalue weighted by Gasteiger charge is 2.13. The average Bonchev–Trinajstić information content (AvgIpc) is 2.39. The van der Waals surface area contributed by atoms with Gasteiger partial charge in [-0.1, -0.05) is 35.3 Å². The molecule has 0 unspecified atom stereocenters. The summed E-state index contributed by atoms with van der Waals surface area (Å²) in [7, 11) is 1.43. The van der Waals surface area contributed by atoms with Crippen LogP contribution in [0.5, 0.6) is 0 Å². The van der Waals surface area contributed by atoms with Crippen molar-refractivity contribution in [2.75, 3.05) is 13.6 Å². The van der Waals surface area contributed by atoms with Gasteiger partial charge in [0.05, 0.1) is 16.6 Å². The molecule has 0 bridgehead atoms. The van der Waals surface area contributed by atoms with Gasteiger partial charge in [-0.05, 0) is 18.6 Å². The van der Waals surface area contributed by atoms with Gasteiger partial charge in [-0.25, -0.2) is 4.79 Å². The number of halogens is 2. The van der Waals surface area contributed by atoms with Crippen molar-refractivity contribution < 1.29 is 9.59 Å². The molecule has 0 radical (unpaired) electrons. The van der Waals surface area contributed by atoms with E-state index in [-0.39, 0.29) is 12.6 Å². The Kier molecular flexibility index (Phi) is 6.08. The van der Waals surface area contributed by atoms with Crippen molar-refractivity contribution in [3.8, 4) is 0 Å². The van der Waals surface area contributed by atoms with Crippen molar-refractivity contribution in [3.05, 3.63) is 33.8 Å². The van der Waals surface area contributed by atoms with Crippen molar-refractivity contribution in [1.82, 2.24) is 16.0 Å². The Labute approximate surface area is 121 Å². The Hall–Kier alpha value is -1.30. The highest BCUT2D eigenvalue weighted by Crippen LogP contribution is 2.29. The summed E-state index contributed by atoms with van der Waals surface area (Å²) in [6.45, 7) is 1.85. The van der Waals surface area contributed by atoms with Crippen molar-refractivity contribution >= 4 is 35.1 Å². The number of carbonyl (C=O) groups is 2. The Bertz CT molecular complexity index is 480. The third-order valence-corrected chi connectivity index (χ3v) is 3.33. The summed E-state index contributed by atoms with van der Waals surface area (Å²) >= 11 is 12.0. The van der Waals surface area contributed by atoms with Gasteiger partial charge < -0.3 is 10.6 Å². The molecule has 19 heavy (non-hydrogen) atoms. The molecule has 0 aliphatic carbocycles. The third kappa shape index (κ3) is 4.70. The lowest BCUT2D eigenvalue weighted by Crippen LogP contribution is -2.42. The smallest absolute Gasteiger partial charge is 0.321 e. The molecular formula is C12H15Cl2N3O2. The maximum Gasteiger partial charge on any atom is 0.321 e. The first-order chi connectivity index (χ1) is 8.95. The minimum absolute atomic E-state index is 0.00255. The number of urea groups is 1. The third-order valence-electron chi connectivity index (χ3n) is 2.50. The van der Waals surface area contributed by atoms with E-state index >= 15 is 0 Å². The zero-order valence-electron chi connectivity index (χ0n) is 10.6. The normalized spacial score (nSPS) is 11.8. The minimum Gasteiger partial charge on any atom is -0.341 e. The molecule has 0 aromatic heterocycles. The summed E-state index contributed by atoms with van der Waals surface area (Å²) in [6.07, 6.45) is 0. The van der Waals surface area contributed by atoms with Crippen LogP contribution < -0.4 is 16.0 Å². The fourth-order valence-corrected chi connectivity index (χ4v) is 1.92. The van der Waals surface area contributed by atoms with Gasteiger partial charge in [0.2, 0.25) is 5.91 Å². The van der Waals surface area contributed by atoms with Crippen LogP contribution in [0.15, 0.2) is 18.2 Å². The predicted molar refractivity (Wildman–Crippen MR) is 75.5 cm³/mol. The summed E-state index contributed by atoms with van der Waals surface area (Å²) < 4.78 is 0. The molecule has 0 saturated heterocycles. The summed E-state index contributed by atoms with van der Waals surface area (Å²) in [5, 5.41) is 8.32. The van der Waals surface area contributed by atoms with Crippen LogP contribution >= 0.6 is 23.2 Å². The number of hydrogen-bond acceptors (Lipinski definition) is 3. The molecule has 1 aromatic carbocycles. The molecule has 7 heteroatoms. The second kappa shape index (κ2) is 7.33. The van der Waals surface area contributed by atoms with Gasteiger partial charge in [-0.15, -0.1) is 0 Å². The molecule has 3 N–H and O–H groups in total. The number of nitrogens with one attached hydrogen (secondary N) is 3. The van der Waals surface area contributed by atoms with E-state index in [0.29, 0.717) is 10.0 Å². The van der Waals surface area contributed by atoms with Crippen LogP contribution in [0.2, 0.25) is 10.0 Å². The van der Waals surface area contributed by atoms with Gasteiger partial charge in [-0.2, -0.15) is 0 Å². The van der Waals surface area contributed by atoms with E-state index in [9.17, 15) is 9.59 Å². The van der Waals surface area contributed by atoms with Crippen molar-refractivity contribution in [3.63, 3.8) is 0 Å². The molecule has 0 aliphatic rings. The number of rotatable bonds is 4. The molecule has 0 aliphatic heterocycles. The van der Waals surface area contributed by atoms with Gasteiger partial charge in [0.15, 0.2) is 0 Å². The Morgan fingerprint density at radius 1 is 1.32 bits per heavy atom. The molecule has 3 amide bonds. The highest BCUT2D eigenvalue weighted by molar-refractivity contribution is 6.42. The number of amides is 3. The summed E-state index contributed by atoms with van der Waals surface area (Å²) in [5.41, 5.74) is 0.793. The van der Waals surface area contributed by atoms with Crippen molar-refractivity contribution in [2.45, 2.75) is 13.0 Å². The molecule has 0 heterocycles. The standard InChI is InChI=1S/C12H15Cl2N3O2/c1-7(8-4-3-5-9(13)11(8)14)16-6-10(18)17-12(19)15-2/h3-5,7,16H,6H2,1-2H3,(H2,15,17,18,19)/t7-/m0/s1. The molecule has 5 nitrogen and oxygen atoms in total. The Morgan fingerprint density at radius 3 is 2.63 bits per heavy atom. The minimum atomic E-state index is -0.541. The SMILES string of the molecule is CNC(=O)NC(=O)CN[C@@H](C)c1cccc(Cl)c1Cl. The zero-order valence-corrected chi connectivity index (χ0v) is 12.1. The van der Waals surface area contributed by atoms with Crippen LogP contribution in [-0.4, -0.2) is 25.5 Å². The maximum atomic E-state index is 11.4. The van der Waals surface area contributed by atoms with E-state index in [4.69, 9.17) is 23.2 Å². The lowest BCUT2D eigenvalue weighted by Gasteiger charge is -2.15. The van der Waals surface area contributed by atoms with Crippen molar-refractivity contribution in [1.29, 1.82) is 0 Å². The Morgan fingerprint density at radius 2 is 2.00 bits per heavy atom. The molecule has 0 saturated carbocycles. The van der Waals surface area contributed by atoms with Crippen LogP contribution in [-0.2, 0) is 4.79 Å². The highest BCUT2D eigenvalue weighted by atomic mass is 35.5. The fourth-order valence-electron chi connectivity index (χ4n) is 1.44. The summed E-state index contributed by atoms with van der Waals surface area (Å²) in [5.74, 6) is -0.427. The fraction of sp³-hybridized carbons (Fsp3) is 0.333. The van der Waals surface area contributed by atoms with Crippen LogP contribution in [0.25, 0.3) is 0 Å². The molecule has 0 spiro atoms. The monoisotopic (exact) mass is 303 g/mol. The average molecular weight is 304 g/mol. The van der Waals surface area contributed by atoms with Gasteiger partial charge >= 0.3 is 6.03 Å². The molecular weight excluding hydrogens is 289 g/mol. The van der Waals surface area contributed by atoms with Gasteiger partial charge in [0.25, 0.3) is 0 Å². The first-order valence-corrected chi connectivity index (χ1v) is 6.40. The number of benzene rings is 1. The van der Waals surface area contributed by atoms with E-state index in [1.54, 1.807) is 12.1 Å². The Balaban J connectivity index is 2.56. The van der Waals surface area contributed by atoms with E-state index in [2.05, 4.69) is 16.0 Å². The lowest BCUT2D eigenvalue weighted by atomic mass is 10.1. The van der Waals surface area contributed by atoms with Crippen LogP contribution in [0.1, 0.15) is 18.5 Å². The second-order valence-electron chi connectivity index (χ2n) is 3.87. The quantitative estimate of drug-likeness (QED) is 0.798. The van der Waals surface area contributed by atoms with E-state index in [0.717, 1.165) is 5.56 Å². The van der Waals surface area contributed by atoms with Crippen molar-refractivity contribution in [2.24, 2.45) is 0 Å². The molecule has 0 fully saturated rings. The summed E-state index contributed by atoms with van der Waals surface area (Å²) in [6, 6.07) is 4.59.